The van der Waals surface area contributed by atoms with Crippen LogP contribution in [0.15, 0.2) is 48.5 Å². The average Bonchev–Trinajstić information content (AvgIpc) is 2.53. The number of ether oxygens (including phenoxy) is 1. The number of Topliss-reactive ketones (excluding diaryl/α,β-unsaturated/α-hetero) is 1. The Hall–Kier alpha value is -2.87. The Morgan fingerprint density at radius 2 is 1.72 bits per heavy atom. The molecule has 0 bridgehead atoms. The predicted octanol–water partition coefficient (Wildman–Crippen LogP) is 2.19. The van der Waals surface area contributed by atoms with Gasteiger partial charge in [-0.05, 0) is 49.4 Å². The fourth-order valence-electron chi connectivity index (χ4n) is 2.07. The number of carbonyl (C=O) groups excluding carboxylic acids is 2. The molecule has 2 rings (SSSR count). The van der Waals surface area contributed by atoms with Crippen molar-refractivity contribution in [3.8, 4) is 5.75 Å². The molecule has 8 heteroatoms. The number of hydrogen-bond acceptors (Lipinski definition) is 6. The van der Waals surface area contributed by atoms with Crippen molar-refractivity contribution in [2.24, 2.45) is 0 Å². The van der Waals surface area contributed by atoms with Crippen LogP contribution < -0.4 is 4.72 Å². The fraction of sp³-hybridized carbons (Fsp3) is 0.176. The number of hydrogen-bond donors (Lipinski definition) is 2. The smallest absolute Gasteiger partial charge is 0.338 e. The Labute approximate surface area is 145 Å². The van der Waals surface area contributed by atoms with Gasteiger partial charge in [0, 0.05) is 11.3 Å². The maximum Gasteiger partial charge on any atom is 0.338 e. The van der Waals surface area contributed by atoms with Crippen molar-refractivity contribution in [3.63, 3.8) is 0 Å². The zero-order valence-electron chi connectivity index (χ0n) is 13.6. The number of esters is 1. The summed E-state index contributed by atoms with van der Waals surface area (Å²) in [5, 5.41) is 9.37. The Bertz CT molecular complexity index is 890. The van der Waals surface area contributed by atoms with Crippen LogP contribution in [0, 0.1) is 0 Å². The van der Waals surface area contributed by atoms with Crippen LogP contribution in [0.2, 0.25) is 0 Å². The summed E-state index contributed by atoms with van der Waals surface area (Å²) in [5.74, 6) is -1.24. The van der Waals surface area contributed by atoms with E-state index in [1.165, 1.54) is 55.5 Å². The van der Waals surface area contributed by atoms with E-state index in [1.54, 1.807) is 0 Å². The van der Waals surface area contributed by atoms with E-state index in [-0.39, 0.29) is 16.9 Å². The topological polar surface area (TPSA) is 110 Å². The van der Waals surface area contributed by atoms with Crippen LogP contribution in [-0.2, 0) is 14.8 Å². The molecule has 7 nitrogen and oxygen atoms in total. The third-order valence-corrected chi connectivity index (χ3v) is 3.81. The standard InChI is InChI=1S/C17H17NO6S/c1-11(24-17(21)13-4-3-5-15(19)10-13)16(20)12-6-8-14(9-7-12)18-25(2,22)23/h3-11,18-19H,1-2H3/t11-/m1/s1. The van der Waals surface area contributed by atoms with Gasteiger partial charge in [-0.25, -0.2) is 13.2 Å². The van der Waals surface area contributed by atoms with Crippen molar-refractivity contribution < 1.29 is 27.9 Å². The molecule has 0 aliphatic heterocycles. The highest BCUT2D eigenvalue weighted by atomic mass is 32.2. The lowest BCUT2D eigenvalue weighted by atomic mass is 10.1. The van der Waals surface area contributed by atoms with Gasteiger partial charge in [0.25, 0.3) is 0 Å². The first-order valence-corrected chi connectivity index (χ1v) is 9.17. The van der Waals surface area contributed by atoms with Crippen molar-refractivity contribution >= 4 is 27.5 Å². The Balaban J connectivity index is 2.05. The molecule has 0 unspecified atom stereocenters. The Morgan fingerprint density at radius 3 is 2.28 bits per heavy atom. The van der Waals surface area contributed by atoms with Gasteiger partial charge in [-0.2, -0.15) is 0 Å². The molecule has 0 fully saturated rings. The molecule has 0 aliphatic carbocycles. The van der Waals surface area contributed by atoms with Gasteiger partial charge in [-0.1, -0.05) is 6.07 Å². The van der Waals surface area contributed by atoms with E-state index in [9.17, 15) is 23.1 Å². The van der Waals surface area contributed by atoms with Crippen molar-refractivity contribution in [3.05, 3.63) is 59.7 Å². The molecule has 0 aliphatic rings. The summed E-state index contributed by atoms with van der Waals surface area (Å²) in [6, 6.07) is 11.4. The number of aromatic hydroxyl groups is 1. The van der Waals surface area contributed by atoms with Gasteiger partial charge in [-0.3, -0.25) is 9.52 Å². The van der Waals surface area contributed by atoms with Crippen molar-refractivity contribution in [2.75, 3.05) is 11.0 Å². The highest BCUT2D eigenvalue weighted by Gasteiger charge is 2.20. The number of phenolic OH excluding ortho intramolecular Hbond substituents is 1. The molecule has 0 amide bonds. The highest BCUT2D eigenvalue weighted by Crippen LogP contribution is 2.16. The normalized spacial score (nSPS) is 12.2. The monoisotopic (exact) mass is 363 g/mol. The number of sulfonamides is 1. The van der Waals surface area contributed by atoms with Crippen LogP contribution >= 0.6 is 0 Å². The largest absolute Gasteiger partial charge is 0.508 e. The van der Waals surface area contributed by atoms with E-state index >= 15 is 0 Å². The molecule has 0 saturated heterocycles. The second-order valence-corrected chi connectivity index (χ2v) is 7.16. The minimum absolute atomic E-state index is 0.0811. The molecule has 1 atom stereocenters. The fourth-order valence-corrected chi connectivity index (χ4v) is 2.63. The van der Waals surface area contributed by atoms with E-state index in [1.807, 2.05) is 0 Å². The summed E-state index contributed by atoms with van der Waals surface area (Å²) in [6.45, 7) is 1.44. The van der Waals surface area contributed by atoms with Crippen LogP contribution in [0.5, 0.6) is 5.75 Å². The zero-order chi connectivity index (χ0) is 18.6. The van der Waals surface area contributed by atoms with Gasteiger partial charge < -0.3 is 9.84 Å². The van der Waals surface area contributed by atoms with E-state index in [0.717, 1.165) is 6.26 Å². The van der Waals surface area contributed by atoms with Crippen molar-refractivity contribution in [1.82, 2.24) is 0 Å². The molecule has 0 spiro atoms. The average molecular weight is 363 g/mol. The van der Waals surface area contributed by atoms with E-state index in [2.05, 4.69) is 4.72 Å². The summed E-state index contributed by atoms with van der Waals surface area (Å²) in [6.07, 6.45) is -0.0156. The summed E-state index contributed by atoms with van der Waals surface area (Å²) in [4.78, 5) is 24.3. The van der Waals surface area contributed by atoms with Gasteiger partial charge in [0.05, 0.1) is 11.8 Å². The van der Waals surface area contributed by atoms with E-state index < -0.39 is 27.9 Å². The lowest BCUT2D eigenvalue weighted by molar-refractivity contribution is 0.0318. The molecule has 2 N–H and O–H groups in total. The van der Waals surface area contributed by atoms with Gasteiger partial charge in [0.1, 0.15) is 5.75 Å². The maximum absolute atomic E-state index is 12.3. The molecular formula is C17H17NO6S. The van der Waals surface area contributed by atoms with E-state index in [0.29, 0.717) is 5.69 Å². The molecule has 0 aromatic heterocycles. The molecule has 25 heavy (non-hydrogen) atoms. The summed E-state index contributed by atoms with van der Waals surface area (Å²) >= 11 is 0. The lowest BCUT2D eigenvalue weighted by Gasteiger charge is -2.13. The second kappa shape index (κ2) is 7.35. The number of ketones is 1. The number of rotatable bonds is 6. The van der Waals surface area contributed by atoms with Gasteiger partial charge in [0.15, 0.2) is 6.10 Å². The molecule has 0 radical (unpaired) electrons. The predicted molar refractivity (Wildman–Crippen MR) is 92.2 cm³/mol. The maximum atomic E-state index is 12.3. The summed E-state index contributed by atoms with van der Waals surface area (Å²) < 4.78 is 29.7. The second-order valence-electron chi connectivity index (χ2n) is 5.41. The van der Waals surface area contributed by atoms with Gasteiger partial charge in [0.2, 0.25) is 15.8 Å². The lowest BCUT2D eigenvalue weighted by Crippen LogP contribution is -2.24. The zero-order valence-corrected chi connectivity index (χ0v) is 14.4. The molecule has 132 valence electrons. The molecule has 2 aromatic rings. The van der Waals surface area contributed by atoms with Crippen LogP contribution in [0.3, 0.4) is 0 Å². The summed E-state index contributed by atoms with van der Waals surface area (Å²) in [5.41, 5.74) is 0.728. The van der Waals surface area contributed by atoms with Crippen LogP contribution in [0.1, 0.15) is 27.6 Å². The summed E-state index contributed by atoms with van der Waals surface area (Å²) in [7, 11) is -3.40. The number of carbonyl (C=O) groups is 2. The van der Waals surface area contributed by atoms with E-state index in [4.69, 9.17) is 4.74 Å². The SMILES string of the molecule is C[C@@H](OC(=O)c1cccc(O)c1)C(=O)c1ccc(NS(C)(=O)=O)cc1. The van der Waals surface area contributed by atoms with Gasteiger partial charge >= 0.3 is 5.97 Å². The number of phenols is 1. The molecule has 0 heterocycles. The Kier molecular flexibility index (Phi) is 5.43. The number of benzene rings is 2. The first-order valence-electron chi connectivity index (χ1n) is 7.28. The molecule has 0 saturated carbocycles. The number of nitrogens with one attached hydrogen (secondary N) is 1. The quantitative estimate of drug-likeness (QED) is 0.601. The Morgan fingerprint density at radius 1 is 1.08 bits per heavy atom. The minimum atomic E-state index is -3.40. The third kappa shape index (κ3) is 5.32. The van der Waals surface area contributed by atoms with Crippen LogP contribution in [0.4, 0.5) is 5.69 Å². The highest BCUT2D eigenvalue weighted by molar-refractivity contribution is 7.92. The van der Waals surface area contributed by atoms with Gasteiger partial charge in [-0.15, -0.1) is 0 Å². The number of anilines is 1. The first kappa shape index (κ1) is 18.5. The molecule has 2 aromatic carbocycles. The van der Waals surface area contributed by atoms with Crippen molar-refractivity contribution in [1.29, 1.82) is 0 Å². The van der Waals surface area contributed by atoms with Crippen LogP contribution in [-0.4, -0.2) is 37.6 Å². The third-order valence-electron chi connectivity index (χ3n) is 3.21. The van der Waals surface area contributed by atoms with Crippen LogP contribution in [0.25, 0.3) is 0 Å². The first-order chi connectivity index (χ1) is 11.7. The van der Waals surface area contributed by atoms with Crippen molar-refractivity contribution in [2.45, 2.75) is 13.0 Å². The minimum Gasteiger partial charge on any atom is -0.508 e. The molecular weight excluding hydrogens is 346 g/mol.